The summed E-state index contributed by atoms with van der Waals surface area (Å²) in [4.78, 5) is 21.1. The topological polar surface area (TPSA) is 71.7 Å². The van der Waals surface area contributed by atoms with Crippen molar-refractivity contribution in [2.75, 3.05) is 19.7 Å². The van der Waals surface area contributed by atoms with Crippen LogP contribution < -0.4 is 0 Å². The van der Waals surface area contributed by atoms with E-state index in [9.17, 15) is 10.1 Å². The standard InChI is InChI=1S/C19H21ClN4O3S/c1-2-27-16-10-15(13-6-4-3-5-7-13)17(24(25)26)18-22(8-9-23(16)18)12-14-11-21-19(20)28-14/h3-7,11,15-16H,2,8-10,12H2,1H3. The Hall–Kier alpha value is -2.16. The van der Waals surface area contributed by atoms with Gasteiger partial charge in [0.05, 0.1) is 17.4 Å². The number of rotatable bonds is 6. The van der Waals surface area contributed by atoms with E-state index < -0.39 is 0 Å². The highest BCUT2D eigenvalue weighted by atomic mass is 35.5. The molecule has 7 nitrogen and oxygen atoms in total. The second kappa shape index (κ2) is 8.06. The molecule has 0 amide bonds. The van der Waals surface area contributed by atoms with Gasteiger partial charge in [-0.3, -0.25) is 10.1 Å². The van der Waals surface area contributed by atoms with Gasteiger partial charge in [0.1, 0.15) is 6.23 Å². The van der Waals surface area contributed by atoms with Crippen molar-refractivity contribution < 1.29 is 9.66 Å². The summed E-state index contributed by atoms with van der Waals surface area (Å²) in [5.41, 5.74) is 1.19. The highest BCUT2D eigenvalue weighted by Gasteiger charge is 2.47. The number of aromatic nitrogens is 1. The zero-order valence-electron chi connectivity index (χ0n) is 15.5. The third-order valence-corrected chi connectivity index (χ3v) is 6.26. The zero-order chi connectivity index (χ0) is 19.7. The largest absolute Gasteiger partial charge is 0.359 e. The van der Waals surface area contributed by atoms with Crippen molar-refractivity contribution in [1.29, 1.82) is 0 Å². The van der Waals surface area contributed by atoms with E-state index in [1.807, 2.05) is 42.2 Å². The van der Waals surface area contributed by atoms with Gasteiger partial charge < -0.3 is 14.5 Å². The van der Waals surface area contributed by atoms with Gasteiger partial charge in [0.25, 0.3) is 5.70 Å². The minimum atomic E-state index is -0.315. The van der Waals surface area contributed by atoms with E-state index in [4.69, 9.17) is 16.3 Å². The average Bonchev–Trinajstić information content (AvgIpc) is 3.29. The van der Waals surface area contributed by atoms with Crippen molar-refractivity contribution in [3.05, 3.63) is 73.1 Å². The minimum Gasteiger partial charge on any atom is -0.359 e. The number of allylic oxidation sites excluding steroid dienone is 1. The quantitative estimate of drug-likeness (QED) is 0.521. The Morgan fingerprint density at radius 3 is 2.79 bits per heavy atom. The molecule has 0 N–H and O–H groups in total. The summed E-state index contributed by atoms with van der Waals surface area (Å²) in [5, 5.41) is 12.2. The van der Waals surface area contributed by atoms with E-state index in [0.29, 0.717) is 42.9 Å². The maximum absolute atomic E-state index is 12.2. The number of fused-ring (bicyclic) bond motifs is 1. The van der Waals surface area contributed by atoms with Gasteiger partial charge in [-0.15, -0.1) is 11.3 Å². The van der Waals surface area contributed by atoms with E-state index in [2.05, 4.69) is 9.88 Å². The smallest absolute Gasteiger partial charge is 0.293 e. The second-order valence-corrected chi connectivity index (χ2v) is 8.47. The molecule has 0 saturated carbocycles. The summed E-state index contributed by atoms with van der Waals surface area (Å²) in [7, 11) is 0. The van der Waals surface area contributed by atoms with Crippen LogP contribution in [0.25, 0.3) is 0 Å². The molecular weight excluding hydrogens is 400 g/mol. The summed E-state index contributed by atoms with van der Waals surface area (Å²) in [6.07, 6.45) is 2.13. The molecule has 4 rings (SSSR count). The zero-order valence-corrected chi connectivity index (χ0v) is 17.0. The Balaban J connectivity index is 1.77. The third-order valence-electron chi connectivity index (χ3n) is 5.16. The van der Waals surface area contributed by atoms with Crippen LogP contribution in [0.15, 0.2) is 48.0 Å². The van der Waals surface area contributed by atoms with Gasteiger partial charge in [-0.2, -0.15) is 0 Å². The van der Waals surface area contributed by atoms with Crippen LogP contribution in [0.2, 0.25) is 4.47 Å². The Labute approximate surface area is 172 Å². The van der Waals surface area contributed by atoms with Crippen LogP contribution in [0.1, 0.15) is 29.7 Å². The number of nitro groups is 1. The normalized spacial score (nSPS) is 21.9. The SMILES string of the molecule is CCOC1CC(c2ccccc2)C([N+](=O)[O-])=C2N(Cc3cnc(Cl)s3)CCN21. The molecule has 148 valence electrons. The first-order valence-corrected chi connectivity index (χ1v) is 10.4. The molecule has 1 aromatic heterocycles. The Kier molecular flexibility index (Phi) is 5.52. The first-order chi connectivity index (χ1) is 13.6. The molecule has 1 saturated heterocycles. The molecule has 2 unspecified atom stereocenters. The second-order valence-electron chi connectivity index (χ2n) is 6.77. The van der Waals surface area contributed by atoms with Crippen LogP contribution >= 0.6 is 22.9 Å². The Morgan fingerprint density at radius 1 is 1.36 bits per heavy atom. The van der Waals surface area contributed by atoms with Gasteiger partial charge in [0, 0.05) is 37.2 Å². The number of benzene rings is 1. The molecule has 0 radical (unpaired) electrons. The van der Waals surface area contributed by atoms with Crippen LogP contribution in [-0.2, 0) is 11.3 Å². The highest BCUT2D eigenvalue weighted by Crippen LogP contribution is 2.43. The van der Waals surface area contributed by atoms with Gasteiger partial charge in [-0.1, -0.05) is 41.9 Å². The maximum atomic E-state index is 12.2. The first-order valence-electron chi connectivity index (χ1n) is 9.25. The monoisotopic (exact) mass is 420 g/mol. The predicted molar refractivity (Wildman–Crippen MR) is 107 cm³/mol. The third kappa shape index (κ3) is 3.59. The van der Waals surface area contributed by atoms with Crippen molar-refractivity contribution >= 4 is 22.9 Å². The summed E-state index contributed by atoms with van der Waals surface area (Å²) in [6, 6.07) is 9.68. The van der Waals surface area contributed by atoms with E-state index in [1.165, 1.54) is 11.3 Å². The average molecular weight is 421 g/mol. The molecule has 1 fully saturated rings. The van der Waals surface area contributed by atoms with Crippen molar-refractivity contribution in [3.63, 3.8) is 0 Å². The number of nitrogens with zero attached hydrogens (tertiary/aromatic N) is 4. The molecule has 2 aliphatic heterocycles. The lowest BCUT2D eigenvalue weighted by atomic mass is 9.88. The molecule has 9 heteroatoms. The van der Waals surface area contributed by atoms with Crippen LogP contribution in [0, 0.1) is 10.1 Å². The van der Waals surface area contributed by atoms with Crippen LogP contribution in [-0.4, -0.2) is 45.6 Å². The first kappa shape index (κ1) is 19.2. The summed E-state index contributed by atoms with van der Waals surface area (Å²) in [6.45, 7) is 4.47. The highest BCUT2D eigenvalue weighted by molar-refractivity contribution is 7.15. The van der Waals surface area contributed by atoms with Gasteiger partial charge in [-0.25, -0.2) is 4.98 Å². The fraction of sp³-hybridized carbons (Fsp3) is 0.421. The molecule has 0 aliphatic carbocycles. The summed E-state index contributed by atoms with van der Waals surface area (Å²) in [5.74, 6) is 0.345. The lowest BCUT2D eigenvalue weighted by Gasteiger charge is -2.37. The van der Waals surface area contributed by atoms with Gasteiger partial charge in [0.2, 0.25) is 0 Å². The maximum Gasteiger partial charge on any atom is 0.293 e. The summed E-state index contributed by atoms with van der Waals surface area (Å²) >= 11 is 7.37. The number of hydrogen-bond acceptors (Lipinski definition) is 7. The lowest BCUT2D eigenvalue weighted by molar-refractivity contribution is -0.436. The van der Waals surface area contributed by atoms with Crippen molar-refractivity contribution in [2.45, 2.75) is 32.0 Å². The summed E-state index contributed by atoms with van der Waals surface area (Å²) < 4.78 is 6.47. The molecule has 3 heterocycles. The molecule has 0 spiro atoms. The molecule has 2 aliphatic rings. The number of halogens is 1. The number of hydrogen-bond donors (Lipinski definition) is 0. The van der Waals surface area contributed by atoms with Crippen molar-refractivity contribution in [2.24, 2.45) is 0 Å². The fourth-order valence-corrected chi connectivity index (χ4v) is 5.04. The molecule has 28 heavy (non-hydrogen) atoms. The molecular formula is C19H21ClN4O3S. The molecule has 2 atom stereocenters. The van der Waals surface area contributed by atoms with Gasteiger partial charge in [-0.05, 0) is 12.5 Å². The van der Waals surface area contributed by atoms with Crippen molar-refractivity contribution in [3.8, 4) is 0 Å². The fourth-order valence-electron chi connectivity index (χ4n) is 4.05. The van der Waals surface area contributed by atoms with Gasteiger partial charge in [0.15, 0.2) is 10.3 Å². The van der Waals surface area contributed by atoms with E-state index in [0.717, 1.165) is 10.4 Å². The predicted octanol–water partition coefficient (Wildman–Crippen LogP) is 3.91. The Morgan fingerprint density at radius 2 is 2.14 bits per heavy atom. The van der Waals surface area contributed by atoms with E-state index in [-0.39, 0.29) is 22.8 Å². The number of ether oxygens (including phenoxy) is 1. The van der Waals surface area contributed by atoms with E-state index in [1.54, 1.807) is 6.20 Å². The van der Waals surface area contributed by atoms with Crippen LogP contribution in [0.5, 0.6) is 0 Å². The Bertz CT molecular complexity index is 888. The lowest BCUT2D eigenvalue weighted by Crippen LogP contribution is -2.43. The molecule has 1 aromatic carbocycles. The van der Waals surface area contributed by atoms with Crippen LogP contribution in [0.3, 0.4) is 0 Å². The van der Waals surface area contributed by atoms with Gasteiger partial charge >= 0.3 is 0 Å². The number of thiazole rings is 1. The molecule has 2 aromatic rings. The van der Waals surface area contributed by atoms with E-state index >= 15 is 0 Å². The van der Waals surface area contributed by atoms with Crippen molar-refractivity contribution in [1.82, 2.24) is 14.8 Å². The van der Waals surface area contributed by atoms with Crippen LogP contribution in [0.4, 0.5) is 0 Å². The molecule has 0 bridgehead atoms. The minimum absolute atomic E-state index is 0.177.